The molecule has 5 aromatic rings. The van der Waals surface area contributed by atoms with Crippen LogP contribution in [0, 0.1) is 10.1 Å². The van der Waals surface area contributed by atoms with E-state index in [1.807, 2.05) is 78.9 Å². The Balaban J connectivity index is 0.000000227. The molecule has 9 nitrogen and oxygen atoms in total. The van der Waals surface area contributed by atoms with Gasteiger partial charge < -0.3 is 5.21 Å². The summed E-state index contributed by atoms with van der Waals surface area (Å²) in [6.07, 6.45) is 14.8. The number of hydrogen-bond donors (Lipinski definition) is 1. The van der Waals surface area contributed by atoms with Gasteiger partial charge in [-0.2, -0.15) is 0 Å². The van der Waals surface area contributed by atoms with Crippen LogP contribution in [0.15, 0.2) is 116 Å². The molecule has 0 amide bonds. The zero-order valence-electron chi connectivity index (χ0n) is 19.4. The van der Waals surface area contributed by atoms with E-state index in [0.29, 0.717) is 0 Å². The average Bonchev–Trinajstić information content (AvgIpc) is 2.94. The van der Waals surface area contributed by atoms with Crippen molar-refractivity contribution in [3.05, 3.63) is 137 Å². The van der Waals surface area contributed by atoms with Gasteiger partial charge >= 0.3 is 21.1 Å². The van der Waals surface area contributed by atoms with E-state index >= 15 is 0 Å². The van der Waals surface area contributed by atoms with Gasteiger partial charge in [-0.05, 0) is 71.8 Å². The first kappa shape index (κ1) is 28.6. The molecule has 0 saturated heterocycles. The van der Waals surface area contributed by atoms with Crippen LogP contribution in [0.5, 0.6) is 0 Å². The summed E-state index contributed by atoms with van der Waals surface area (Å²) >= 11 is 0. The van der Waals surface area contributed by atoms with E-state index in [0.717, 1.165) is 33.9 Å². The van der Waals surface area contributed by atoms with Gasteiger partial charge in [0.1, 0.15) is 0 Å². The van der Waals surface area contributed by atoms with Crippen LogP contribution in [0.3, 0.4) is 0 Å². The van der Waals surface area contributed by atoms with E-state index in [1.54, 1.807) is 37.2 Å². The Morgan fingerprint density at radius 1 is 0.595 bits per heavy atom. The summed E-state index contributed by atoms with van der Waals surface area (Å²) in [4.78, 5) is 29.5. The summed E-state index contributed by atoms with van der Waals surface area (Å²) in [6.45, 7) is 0. The second kappa shape index (κ2) is 16.1. The number of hydrogen-bond acceptors (Lipinski definition) is 7. The van der Waals surface area contributed by atoms with Gasteiger partial charge in [0, 0.05) is 37.2 Å². The topological polar surface area (TPSA) is 128 Å². The smallest absolute Gasteiger partial charge is 0.328 e. The molecule has 0 radical (unpaired) electrons. The SMILES string of the molecule is C(=C\c1ccncc1)/c1ccncc1.O=[N+]([O-])O.[Pt+2].c1ccc(-c2cccc(-c3ccccn3)n2)nc1. The summed E-state index contributed by atoms with van der Waals surface area (Å²) in [5.74, 6) is 0. The Bertz CT molecular complexity index is 1260. The summed E-state index contributed by atoms with van der Waals surface area (Å²) in [7, 11) is 0. The van der Waals surface area contributed by atoms with Crippen LogP contribution in [0.25, 0.3) is 34.9 Å². The van der Waals surface area contributed by atoms with E-state index < -0.39 is 5.09 Å². The molecule has 0 saturated carbocycles. The minimum absolute atomic E-state index is 0. The summed E-state index contributed by atoms with van der Waals surface area (Å²) < 4.78 is 0. The van der Waals surface area contributed by atoms with Crippen molar-refractivity contribution < 1.29 is 31.4 Å². The molecule has 5 aromatic heterocycles. The maximum absolute atomic E-state index is 8.36. The van der Waals surface area contributed by atoms with Gasteiger partial charge in [0.05, 0.1) is 22.8 Å². The third kappa shape index (κ3) is 10.7. The molecule has 0 spiro atoms. The predicted molar refractivity (Wildman–Crippen MR) is 137 cm³/mol. The maximum Gasteiger partial charge on any atom is 2.00 e. The van der Waals surface area contributed by atoms with Crippen molar-refractivity contribution in [3.63, 3.8) is 0 Å². The van der Waals surface area contributed by atoms with Crippen LogP contribution in [-0.4, -0.2) is 35.2 Å². The first-order valence-electron chi connectivity index (χ1n) is 10.7. The monoisotopic (exact) mass is 673 g/mol. The average molecular weight is 674 g/mol. The molecule has 0 aliphatic rings. The van der Waals surface area contributed by atoms with Crippen LogP contribution in [-0.2, 0) is 21.1 Å². The fraction of sp³-hybridized carbons (Fsp3) is 0. The number of nitrogens with zero attached hydrogens (tertiary/aromatic N) is 6. The van der Waals surface area contributed by atoms with Gasteiger partial charge in [0.25, 0.3) is 5.09 Å². The molecule has 0 unspecified atom stereocenters. The Morgan fingerprint density at radius 3 is 1.32 bits per heavy atom. The molecular weight excluding hydrogens is 651 g/mol. The quantitative estimate of drug-likeness (QED) is 0.196. The summed E-state index contributed by atoms with van der Waals surface area (Å²) in [6, 6.07) is 25.4. The van der Waals surface area contributed by atoms with Crippen molar-refractivity contribution >= 4 is 12.2 Å². The standard InChI is InChI=1S/C15H11N3.C12H10N2.HNO3.Pt/c1-3-10-16-12(6-1)14-8-5-9-15(18-14)13-7-2-4-11-17-13;1(11-3-7-13-8-4-11)2-12-5-9-14-10-6-12;2-1(3)4;/h1-11H;1-10H;(H,2,3,4);/q;;;+2/b;2-1+;;. The molecule has 37 heavy (non-hydrogen) atoms. The van der Waals surface area contributed by atoms with Gasteiger partial charge in [-0.3, -0.25) is 19.9 Å². The first-order chi connectivity index (χ1) is 17.6. The van der Waals surface area contributed by atoms with Gasteiger partial charge in [-0.1, -0.05) is 30.4 Å². The van der Waals surface area contributed by atoms with Crippen LogP contribution in [0.4, 0.5) is 0 Å². The van der Waals surface area contributed by atoms with E-state index in [2.05, 4.69) is 37.1 Å². The van der Waals surface area contributed by atoms with Crippen molar-refractivity contribution in [2.45, 2.75) is 0 Å². The van der Waals surface area contributed by atoms with Crippen LogP contribution in [0.2, 0.25) is 0 Å². The molecule has 0 aliphatic heterocycles. The number of pyridine rings is 5. The molecule has 5 rings (SSSR count). The predicted octanol–water partition coefficient (Wildman–Crippen LogP) is 5.50. The Labute approximate surface area is 228 Å². The molecule has 0 aromatic carbocycles. The maximum atomic E-state index is 8.36. The molecule has 1 N–H and O–H groups in total. The van der Waals surface area contributed by atoms with Gasteiger partial charge in [0.15, 0.2) is 0 Å². The third-order valence-corrected chi connectivity index (χ3v) is 4.48. The van der Waals surface area contributed by atoms with Crippen LogP contribution in [0.1, 0.15) is 11.1 Å². The van der Waals surface area contributed by atoms with Gasteiger partial charge in [-0.25, -0.2) is 4.98 Å². The van der Waals surface area contributed by atoms with Crippen molar-refractivity contribution in [2.75, 3.05) is 0 Å². The molecule has 0 fully saturated rings. The minimum Gasteiger partial charge on any atom is -0.328 e. The fourth-order valence-electron chi connectivity index (χ4n) is 2.89. The van der Waals surface area contributed by atoms with Crippen LogP contribution < -0.4 is 0 Å². The molecule has 0 aliphatic carbocycles. The van der Waals surface area contributed by atoms with E-state index in [-0.39, 0.29) is 21.1 Å². The fourth-order valence-corrected chi connectivity index (χ4v) is 2.89. The van der Waals surface area contributed by atoms with Gasteiger partial charge in [-0.15, -0.1) is 10.1 Å². The Morgan fingerprint density at radius 2 is 0.973 bits per heavy atom. The normalized spacial score (nSPS) is 9.62. The van der Waals surface area contributed by atoms with Crippen molar-refractivity contribution in [1.82, 2.24) is 24.9 Å². The van der Waals surface area contributed by atoms with Gasteiger partial charge in [0.2, 0.25) is 0 Å². The van der Waals surface area contributed by atoms with E-state index in [9.17, 15) is 0 Å². The number of aromatic nitrogens is 5. The summed E-state index contributed by atoms with van der Waals surface area (Å²) in [5.41, 5.74) is 5.76. The third-order valence-electron chi connectivity index (χ3n) is 4.48. The second-order valence-corrected chi connectivity index (χ2v) is 6.97. The van der Waals surface area contributed by atoms with Crippen LogP contribution >= 0.6 is 0 Å². The Kier molecular flexibility index (Phi) is 12.5. The first-order valence-corrected chi connectivity index (χ1v) is 10.7. The molecule has 5 heterocycles. The van der Waals surface area contributed by atoms with Crippen molar-refractivity contribution in [3.8, 4) is 22.8 Å². The van der Waals surface area contributed by atoms with E-state index in [1.165, 1.54) is 0 Å². The second-order valence-electron chi connectivity index (χ2n) is 6.97. The molecule has 0 bridgehead atoms. The number of rotatable bonds is 4. The Hall–Kier alpha value is -4.62. The molecule has 186 valence electrons. The van der Waals surface area contributed by atoms with E-state index in [4.69, 9.17) is 15.3 Å². The molecular formula is C27H22N6O3Pt+2. The zero-order valence-corrected chi connectivity index (χ0v) is 21.7. The molecule has 0 atom stereocenters. The largest absolute Gasteiger partial charge is 2.00 e. The molecule has 10 heteroatoms. The minimum atomic E-state index is -1.50. The van der Waals surface area contributed by atoms with Crippen molar-refractivity contribution in [1.29, 1.82) is 0 Å². The summed E-state index contributed by atoms with van der Waals surface area (Å²) in [5, 5.41) is 13.6. The van der Waals surface area contributed by atoms with Crippen molar-refractivity contribution in [2.24, 2.45) is 0 Å². The zero-order chi connectivity index (χ0) is 25.4.